The van der Waals surface area contributed by atoms with Crippen molar-refractivity contribution in [3.05, 3.63) is 101 Å². The number of aryl methyl sites for hydroxylation is 1. The molecule has 3 aromatic carbocycles. The number of benzene rings is 3. The molecule has 0 saturated carbocycles. The Morgan fingerprint density at radius 2 is 1.79 bits per heavy atom. The van der Waals surface area contributed by atoms with Gasteiger partial charge in [-0.1, -0.05) is 66.2 Å². The quantitative estimate of drug-likeness (QED) is 0.319. The predicted molar refractivity (Wildman–Crippen MR) is 146 cm³/mol. The SMILES string of the molecule is CCOc1cc(C2C3=C(CCCC3=O)Nc3nc(-c4ccc(C)cc4)nn32)ccc1OCc1ccccc1. The van der Waals surface area contributed by atoms with E-state index in [1.807, 2.05) is 72.3 Å². The highest BCUT2D eigenvalue weighted by atomic mass is 16.5. The monoisotopic (exact) mass is 506 g/mol. The molecular formula is C31H30N4O3. The second-order valence-corrected chi connectivity index (χ2v) is 9.68. The lowest BCUT2D eigenvalue weighted by Gasteiger charge is -2.32. The number of carbonyl (C=O) groups is 1. The van der Waals surface area contributed by atoms with Crippen LogP contribution in [0.2, 0.25) is 0 Å². The van der Waals surface area contributed by atoms with Gasteiger partial charge in [-0.15, -0.1) is 5.10 Å². The molecule has 1 aromatic heterocycles. The number of aromatic nitrogens is 3. The first kappa shape index (κ1) is 24.0. The van der Waals surface area contributed by atoms with E-state index < -0.39 is 6.04 Å². The molecule has 2 aliphatic rings. The smallest absolute Gasteiger partial charge is 0.226 e. The van der Waals surface area contributed by atoms with Crippen molar-refractivity contribution in [2.24, 2.45) is 0 Å². The van der Waals surface area contributed by atoms with Gasteiger partial charge in [0.05, 0.1) is 6.61 Å². The fourth-order valence-corrected chi connectivity index (χ4v) is 5.11. The Kier molecular flexibility index (Phi) is 6.42. The molecular weight excluding hydrogens is 476 g/mol. The molecule has 1 atom stereocenters. The van der Waals surface area contributed by atoms with E-state index in [1.165, 1.54) is 5.56 Å². The maximum absolute atomic E-state index is 13.3. The van der Waals surface area contributed by atoms with E-state index >= 15 is 0 Å². The first-order valence-corrected chi connectivity index (χ1v) is 13.1. The Morgan fingerprint density at radius 1 is 0.974 bits per heavy atom. The maximum atomic E-state index is 13.3. The minimum absolute atomic E-state index is 0.143. The Bertz CT molecular complexity index is 1510. The number of Topliss-reactive ketones (excluding diaryl/α,β-unsaturated/α-hetero) is 1. The van der Waals surface area contributed by atoms with Crippen molar-refractivity contribution in [2.75, 3.05) is 11.9 Å². The summed E-state index contributed by atoms with van der Waals surface area (Å²) in [5.41, 5.74) is 5.78. The van der Waals surface area contributed by atoms with E-state index in [-0.39, 0.29) is 5.78 Å². The zero-order valence-corrected chi connectivity index (χ0v) is 21.6. The molecule has 7 nitrogen and oxygen atoms in total. The van der Waals surface area contributed by atoms with E-state index in [4.69, 9.17) is 19.6 Å². The third-order valence-corrected chi connectivity index (χ3v) is 7.00. The molecule has 1 aliphatic carbocycles. The summed E-state index contributed by atoms with van der Waals surface area (Å²) in [6.07, 6.45) is 2.16. The number of ketones is 1. The predicted octanol–water partition coefficient (Wildman–Crippen LogP) is 6.25. The number of anilines is 1. The van der Waals surface area contributed by atoms with Gasteiger partial charge < -0.3 is 14.8 Å². The van der Waals surface area contributed by atoms with E-state index in [1.54, 1.807) is 0 Å². The minimum Gasteiger partial charge on any atom is -0.490 e. The van der Waals surface area contributed by atoms with E-state index in [9.17, 15) is 4.79 Å². The summed E-state index contributed by atoms with van der Waals surface area (Å²) in [5, 5.41) is 8.31. The normalized spacial score (nSPS) is 16.5. The number of hydrogen-bond donors (Lipinski definition) is 1. The van der Waals surface area contributed by atoms with Crippen LogP contribution in [0.4, 0.5) is 5.95 Å². The van der Waals surface area contributed by atoms with Crippen LogP contribution < -0.4 is 14.8 Å². The summed E-state index contributed by atoms with van der Waals surface area (Å²) in [5.74, 6) is 2.71. The van der Waals surface area contributed by atoms with Crippen LogP contribution in [0.25, 0.3) is 11.4 Å². The Labute approximate surface area is 222 Å². The number of allylic oxidation sites excluding steroid dienone is 2. The summed E-state index contributed by atoms with van der Waals surface area (Å²) in [4.78, 5) is 18.1. The van der Waals surface area contributed by atoms with Crippen molar-refractivity contribution >= 4 is 11.7 Å². The molecule has 0 bridgehead atoms. The van der Waals surface area contributed by atoms with Gasteiger partial charge in [-0.05, 0) is 49.9 Å². The topological polar surface area (TPSA) is 78.3 Å². The van der Waals surface area contributed by atoms with Crippen LogP contribution in [0.1, 0.15) is 48.9 Å². The number of carbonyl (C=O) groups excluding carboxylic acids is 1. The van der Waals surface area contributed by atoms with E-state index in [0.29, 0.717) is 42.9 Å². The van der Waals surface area contributed by atoms with Gasteiger partial charge in [0.2, 0.25) is 5.95 Å². The Balaban J connectivity index is 1.41. The highest BCUT2D eigenvalue weighted by molar-refractivity contribution is 5.99. The van der Waals surface area contributed by atoms with Crippen molar-refractivity contribution in [1.82, 2.24) is 14.8 Å². The zero-order chi connectivity index (χ0) is 26.1. The van der Waals surface area contributed by atoms with Crippen LogP contribution in [-0.2, 0) is 11.4 Å². The molecule has 2 heterocycles. The van der Waals surface area contributed by atoms with Crippen LogP contribution in [0, 0.1) is 6.92 Å². The molecule has 0 saturated heterocycles. The number of nitrogens with zero attached hydrogens (tertiary/aromatic N) is 3. The van der Waals surface area contributed by atoms with Crippen molar-refractivity contribution in [3.63, 3.8) is 0 Å². The number of nitrogens with one attached hydrogen (secondary N) is 1. The van der Waals surface area contributed by atoms with Crippen molar-refractivity contribution in [1.29, 1.82) is 0 Å². The number of ether oxygens (including phenoxy) is 2. The second-order valence-electron chi connectivity index (χ2n) is 9.68. The van der Waals surface area contributed by atoms with Crippen LogP contribution in [0.5, 0.6) is 11.5 Å². The summed E-state index contributed by atoms with van der Waals surface area (Å²) in [7, 11) is 0. The highest BCUT2D eigenvalue weighted by Crippen LogP contribution is 2.42. The molecule has 38 heavy (non-hydrogen) atoms. The number of fused-ring (bicyclic) bond motifs is 1. The van der Waals surface area contributed by atoms with Crippen LogP contribution in [0.15, 0.2) is 84.1 Å². The average molecular weight is 507 g/mol. The second kappa shape index (κ2) is 10.2. The third-order valence-electron chi connectivity index (χ3n) is 7.00. The molecule has 0 spiro atoms. The summed E-state index contributed by atoms with van der Waals surface area (Å²) in [6, 6.07) is 23.7. The molecule has 1 aliphatic heterocycles. The maximum Gasteiger partial charge on any atom is 0.226 e. The number of hydrogen-bond acceptors (Lipinski definition) is 6. The largest absolute Gasteiger partial charge is 0.490 e. The highest BCUT2D eigenvalue weighted by Gasteiger charge is 2.37. The first-order chi connectivity index (χ1) is 18.6. The standard InChI is InChI=1S/C31H30N4O3/c1-3-37-27-18-23(16-17-26(27)38-19-21-8-5-4-6-9-21)29-28-24(10-7-11-25(28)36)32-31-33-30(34-35(29)31)22-14-12-20(2)13-15-22/h4-6,8-9,12-18,29H,3,7,10-11,19H2,1-2H3,(H,32,33,34). The molecule has 0 fully saturated rings. The van der Waals surface area contributed by atoms with Crippen molar-refractivity contribution in [3.8, 4) is 22.9 Å². The average Bonchev–Trinajstić information content (AvgIpc) is 3.36. The Hall–Kier alpha value is -4.39. The van der Waals surface area contributed by atoms with Crippen molar-refractivity contribution < 1.29 is 14.3 Å². The lowest BCUT2D eigenvalue weighted by Crippen LogP contribution is -2.31. The molecule has 4 aromatic rings. The lowest BCUT2D eigenvalue weighted by molar-refractivity contribution is -0.116. The first-order valence-electron chi connectivity index (χ1n) is 13.1. The fourth-order valence-electron chi connectivity index (χ4n) is 5.11. The lowest BCUT2D eigenvalue weighted by atomic mass is 9.85. The minimum atomic E-state index is -0.400. The van der Waals surface area contributed by atoms with Crippen LogP contribution in [-0.4, -0.2) is 27.2 Å². The van der Waals surface area contributed by atoms with Gasteiger partial charge in [-0.2, -0.15) is 4.98 Å². The van der Waals surface area contributed by atoms with Gasteiger partial charge in [-0.3, -0.25) is 4.79 Å². The molecule has 0 radical (unpaired) electrons. The van der Waals surface area contributed by atoms with E-state index in [0.717, 1.165) is 40.8 Å². The molecule has 6 rings (SSSR count). The number of rotatable bonds is 7. The summed E-state index contributed by atoms with van der Waals surface area (Å²) in [6.45, 7) is 4.94. The fraction of sp³-hybridized carbons (Fsp3) is 0.258. The van der Waals surface area contributed by atoms with Gasteiger partial charge in [-0.25, -0.2) is 4.68 Å². The molecule has 0 amide bonds. The summed E-state index contributed by atoms with van der Waals surface area (Å²) < 4.78 is 14.0. The van der Waals surface area contributed by atoms with Crippen molar-refractivity contribution in [2.45, 2.75) is 45.8 Å². The van der Waals surface area contributed by atoms with Crippen LogP contribution in [0.3, 0.4) is 0 Å². The van der Waals surface area contributed by atoms with E-state index in [2.05, 4.69) is 24.4 Å². The molecule has 1 N–H and O–H groups in total. The molecule has 7 heteroatoms. The zero-order valence-electron chi connectivity index (χ0n) is 21.6. The van der Waals surface area contributed by atoms with Gasteiger partial charge in [0.15, 0.2) is 23.1 Å². The van der Waals surface area contributed by atoms with Gasteiger partial charge in [0.25, 0.3) is 0 Å². The van der Waals surface area contributed by atoms with Gasteiger partial charge in [0.1, 0.15) is 12.6 Å². The van der Waals surface area contributed by atoms with Crippen LogP contribution >= 0.6 is 0 Å². The van der Waals surface area contributed by atoms with Gasteiger partial charge >= 0.3 is 0 Å². The summed E-state index contributed by atoms with van der Waals surface area (Å²) >= 11 is 0. The third kappa shape index (κ3) is 4.56. The molecule has 192 valence electrons. The molecule has 1 unspecified atom stereocenters. The van der Waals surface area contributed by atoms with Gasteiger partial charge in [0, 0.05) is 23.3 Å². The Morgan fingerprint density at radius 3 is 2.58 bits per heavy atom.